The number of carbonyl (C=O) groups is 2. The van der Waals surface area contributed by atoms with Crippen molar-refractivity contribution < 1.29 is 13.8 Å². The summed E-state index contributed by atoms with van der Waals surface area (Å²) < 4.78 is 12.0. The number of carbonyl (C=O) groups excluding carboxylic acids is 2. The van der Waals surface area contributed by atoms with Crippen LogP contribution in [0.25, 0.3) is 11.0 Å². The highest BCUT2D eigenvalue weighted by Crippen LogP contribution is 2.29. The van der Waals surface area contributed by atoms with Gasteiger partial charge in [-0.1, -0.05) is 30.3 Å². The quantitative estimate of drug-likeness (QED) is 0.453. The molecular formula is C25H30N8O3S. The molecular weight excluding hydrogens is 492 g/mol. The van der Waals surface area contributed by atoms with Gasteiger partial charge in [-0.25, -0.2) is 15.0 Å². The van der Waals surface area contributed by atoms with Crippen molar-refractivity contribution in [3.05, 3.63) is 42.2 Å². The van der Waals surface area contributed by atoms with Gasteiger partial charge in [0.05, 0.1) is 6.42 Å². The minimum Gasteiger partial charge on any atom is -0.364 e. The molecule has 0 unspecified atom stereocenters. The lowest BCUT2D eigenvalue weighted by atomic mass is 10.2. The number of nitrogens with zero attached hydrogens (tertiary/aromatic N) is 7. The molecule has 0 spiro atoms. The molecule has 2 aromatic heterocycles. The van der Waals surface area contributed by atoms with Crippen LogP contribution in [0, 0.1) is 0 Å². The predicted molar refractivity (Wildman–Crippen MR) is 143 cm³/mol. The highest BCUT2D eigenvalue weighted by atomic mass is 32.2. The number of piperazine rings is 1. The minimum atomic E-state index is -0.822. The molecule has 0 atom stereocenters. The number of anilines is 3. The molecule has 4 heterocycles. The molecule has 0 saturated carbocycles. The number of rotatable bonds is 7. The van der Waals surface area contributed by atoms with Crippen LogP contribution < -0.4 is 15.1 Å². The molecule has 11 nitrogen and oxygen atoms in total. The summed E-state index contributed by atoms with van der Waals surface area (Å²) in [5.41, 5.74) is 2.39. The fourth-order valence-corrected chi connectivity index (χ4v) is 5.58. The normalized spacial score (nSPS) is 16.7. The second-order valence-corrected chi connectivity index (χ2v) is 10.9. The van der Waals surface area contributed by atoms with Gasteiger partial charge < -0.3 is 20.0 Å². The van der Waals surface area contributed by atoms with Gasteiger partial charge in [-0.05, 0) is 12.5 Å². The van der Waals surface area contributed by atoms with Gasteiger partial charge in [-0.3, -0.25) is 13.8 Å². The first-order chi connectivity index (χ1) is 18.0. The Kier molecular flexibility index (Phi) is 7.54. The molecule has 1 N–H and O–H groups in total. The summed E-state index contributed by atoms with van der Waals surface area (Å²) in [4.78, 5) is 48.4. The molecule has 1 aromatic carbocycles. The Morgan fingerprint density at radius 2 is 1.65 bits per heavy atom. The highest BCUT2D eigenvalue weighted by molar-refractivity contribution is 7.85. The van der Waals surface area contributed by atoms with Crippen LogP contribution in [0.4, 0.5) is 17.6 Å². The molecule has 2 saturated heterocycles. The molecule has 3 aromatic rings. The van der Waals surface area contributed by atoms with Gasteiger partial charge in [-0.15, -0.1) is 0 Å². The van der Waals surface area contributed by atoms with E-state index in [0.29, 0.717) is 85.9 Å². The van der Waals surface area contributed by atoms with Crippen molar-refractivity contribution in [3.8, 4) is 0 Å². The van der Waals surface area contributed by atoms with Crippen LogP contribution in [0.1, 0.15) is 18.9 Å². The first-order valence-electron chi connectivity index (χ1n) is 12.4. The number of ketones is 1. The van der Waals surface area contributed by atoms with Gasteiger partial charge in [0.25, 0.3) is 0 Å². The van der Waals surface area contributed by atoms with Gasteiger partial charge in [0.15, 0.2) is 11.6 Å². The monoisotopic (exact) mass is 522 g/mol. The van der Waals surface area contributed by atoms with Crippen LogP contribution in [-0.4, -0.2) is 91.5 Å². The van der Waals surface area contributed by atoms with E-state index in [0.717, 1.165) is 5.56 Å². The van der Waals surface area contributed by atoms with Gasteiger partial charge in [-0.2, -0.15) is 4.98 Å². The number of benzene rings is 1. The standard InChI is InChI=1S/C25H30N8O3S/c1-18(34)15-20(35)31-7-9-33(10-8-31)25-29-21-22(24(30-25)32-11-13-37(36)14-12-32)27-17-28-23(21)26-16-19-5-3-2-4-6-19/h2-6,17H,7-16H2,1H3,(H,26,27,28). The first kappa shape index (κ1) is 25.0. The van der Waals surface area contributed by atoms with Crippen molar-refractivity contribution >= 4 is 51.1 Å². The molecule has 2 aliphatic rings. The van der Waals surface area contributed by atoms with Crippen molar-refractivity contribution in [3.63, 3.8) is 0 Å². The van der Waals surface area contributed by atoms with E-state index < -0.39 is 10.8 Å². The number of hydrogen-bond acceptors (Lipinski definition) is 10. The fraction of sp³-hybridized carbons (Fsp3) is 0.440. The Labute approximate surface area is 217 Å². The summed E-state index contributed by atoms with van der Waals surface area (Å²) in [5, 5.41) is 3.40. The first-order valence-corrected chi connectivity index (χ1v) is 13.9. The molecule has 194 valence electrons. The van der Waals surface area contributed by atoms with Crippen molar-refractivity contribution in [2.24, 2.45) is 0 Å². The van der Waals surface area contributed by atoms with E-state index in [4.69, 9.17) is 9.97 Å². The topological polar surface area (TPSA) is 125 Å². The second-order valence-electron chi connectivity index (χ2n) is 9.19. The van der Waals surface area contributed by atoms with E-state index in [1.807, 2.05) is 30.3 Å². The minimum absolute atomic E-state index is 0.0687. The van der Waals surface area contributed by atoms with Crippen molar-refractivity contribution in [1.29, 1.82) is 0 Å². The Morgan fingerprint density at radius 1 is 0.919 bits per heavy atom. The summed E-state index contributed by atoms with van der Waals surface area (Å²) >= 11 is 0. The summed E-state index contributed by atoms with van der Waals surface area (Å²) in [7, 11) is -0.822. The van der Waals surface area contributed by atoms with E-state index in [2.05, 4.69) is 25.1 Å². The zero-order valence-electron chi connectivity index (χ0n) is 20.8. The lowest BCUT2D eigenvalue weighted by Gasteiger charge is -2.35. The van der Waals surface area contributed by atoms with Gasteiger partial charge in [0.2, 0.25) is 11.9 Å². The lowest BCUT2D eigenvalue weighted by molar-refractivity contribution is -0.135. The van der Waals surface area contributed by atoms with E-state index in [1.54, 1.807) is 4.90 Å². The van der Waals surface area contributed by atoms with E-state index in [9.17, 15) is 13.8 Å². The molecule has 37 heavy (non-hydrogen) atoms. The van der Waals surface area contributed by atoms with Gasteiger partial charge in [0.1, 0.15) is 23.1 Å². The molecule has 2 fully saturated rings. The Hall–Kier alpha value is -3.67. The largest absolute Gasteiger partial charge is 0.364 e. The zero-order chi connectivity index (χ0) is 25.8. The van der Waals surface area contributed by atoms with Gasteiger partial charge >= 0.3 is 0 Å². The maximum Gasteiger partial charge on any atom is 0.230 e. The molecule has 0 aliphatic carbocycles. The Balaban J connectivity index is 1.45. The summed E-state index contributed by atoms with van der Waals surface area (Å²) in [6.07, 6.45) is 1.45. The number of Topliss-reactive ketones (excluding diaryl/α,β-unsaturated/α-hetero) is 1. The second kappa shape index (κ2) is 11.2. The van der Waals surface area contributed by atoms with Crippen LogP contribution >= 0.6 is 0 Å². The van der Waals surface area contributed by atoms with Crippen LogP contribution in [-0.2, 0) is 26.9 Å². The number of nitrogens with one attached hydrogen (secondary N) is 1. The number of fused-ring (bicyclic) bond motifs is 1. The smallest absolute Gasteiger partial charge is 0.230 e. The van der Waals surface area contributed by atoms with Crippen molar-refractivity contribution in [2.75, 3.05) is 65.9 Å². The predicted octanol–water partition coefficient (Wildman–Crippen LogP) is 1.23. The number of aromatic nitrogens is 4. The SMILES string of the molecule is CC(=O)CC(=O)N1CCN(c2nc(N3CCS(=O)CC3)c3ncnc(NCc4ccccc4)c3n2)CC1. The summed E-state index contributed by atoms with van der Waals surface area (Å²) in [5.74, 6) is 2.77. The number of hydrogen-bond donors (Lipinski definition) is 1. The Bertz CT molecular complexity index is 1300. The van der Waals surface area contributed by atoms with Crippen LogP contribution in [0.3, 0.4) is 0 Å². The Morgan fingerprint density at radius 3 is 2.35 bits per heavy atom. The molecule has 0 bridgehead atoms. The maximum atomic E-state index is 12.3. The van der Waals surface area contributed by atoms with E-state index in [1.165, 1.54) is 13.3 Å². The lowest BCUT2D eigenvalue weighted by Crippen LogP contribution is -2.49. The van der Waals surface area contributed by atoms with Crippen molar-refractivity contribution in [1.82, 2.24) is 24.8 Å². The summed E-state index contributed by atoms with van der Waals surface area (Å²) in [6, 6.07) is 10.1. The van der Waals surface area contributed by atoms with Gasteiger partial charge in [0, 0.05) is 68.1 Å². The maximum absolute atomic E-state index is 12.3. The van der Waals surface area contributed by atoms with Crippen LogP contribution in [0.2, 0.25) is 0 Å². The molecule has 5 rings (SSSR count). The molecule has 12 heteroatoms. The third-order valence-electron chi connectivity index (χ3n) is 6.55. The van der Waals surface area contributed by atoms with E-state index in [-0.39, 0.29) is 18.1 Å². The van der Waals surface area contributed by atoms with E-state index >= 15 is 0 Å². The number of amides is 1. The molecule has 1 amide bonds. The highest BCUT2D eigenvalue weighted by Gasteiger charge is 2.27. The zero-order valence-corrected chi connectivity index (χ0v) is 21.6. The average molecular weight is 523 g/mol. The average Bonchev–Trinajstić information content (AvgIpc) is 2.92. The van der Waals surface area contributed by atoms with Crippen LogP contribution in [0.15, 0.2) is 36.7 Å². The van der Waals surface area contributed by atoms with Crippen LogP contribution in [0.5, 0.6) is 0 Å². The summed E-state index contributed by atoms with van der Waals surface area (Å²) in [6.45, 7) is 5.37. The molecule has 2 aliphatic heterocycles. The third-order valence-corrected chi connectivity index (χ3v) is 7.82. The molecule has 0 radical (unpaired) electrons. The van der Waals surface area contributed by atoms with Crippen molar-refractivity contribution in [2.45, 2.75) is 19.9 Å². The third kappa shape index (κ3) is 5.85. The fourth-order valence-electron chi connectivity index (χ4n) is 4.52.